The van der Waals surface area contributed by atoms with E-state index in [1.807, 2.05) is 6.07 Å². The van der Waals surface area contributed by atoms with Gasteiger partial charge in [-0.15, -0.1) is 0 Å². The van der Waals surface area contributed by atoms with Crippen molar-refractivity contribution in [1.29, 1.82) is 0 Å². The van der Waals surface area contributed by atoms with Gasteiger partial charge in [0.2, 0.25) is 0 Å². The number of para-hydroxylation sites is 1. The van der Waals surface area contributed by atoms with Crippen molar-refractivity contribution in [1.82, 2.24) is 0 Å². The van der Waals surface area contributed by atoms with Gasteiger partial charge in [0.05, 0.1) is 0 Å². The van der Waals surface area contributed by atoms with Crippen LogP contribution < -0.4 is 11.5 Å². The molecule has 4 heteroatoms. The Morgan fingerprint density at radius 3 is 1.83 bits per heavy atom. The molecule has 2 aromatic carbocycles. The van der Waals surface area contributed by atoms with Crippen LogP contribution in [-0.2, 0) is 13.1 Å². The summed E-state index contributed by atoms with van der Waals surface area (Å²) in [5.41, 5.74) is 12.4. The highest BCUT2D eigenvalue weighted by Gasteiger charge is 1.92. The zero-order chi connectivity index (χ0) is 13.4. The summed E-state index contributed by atoms with van der Waals surface area (Å²) in [6.07, 6.45) is 0. The lowest BCUT2D eigenvalue weighted by Crippen LogP contribution is -1.95. The molecule has 0 atom stereocenters. The molecule has 96 valence electrons. The maximum atomic E-state index is 9.03. The first-order chi connectivity index (χ1) is 8.67. The summed E-state index contributed by atoms with van der Waals surface area (Å²) in [6, 6.07) is 13.9. The van der Waals surface area contributed by atoms with Crippen LogP contribution in [0.3, 0.4) is 0 Å². The van der Waals surface area contributed by atoms with Crippen molar-refractivity contribution in [3.8, 4) is 11.5 Å². The molecule has 0 radical (unpaired) electrons. The van der Waals surface area contributed by atoms with E-state index in [-0.39, 0.29) is 11.5 Å². The third kappa shape index (κ3) is 4.45. The van der Waals surface area contributed by atoms with E-state index in [4.69, 9.17) is 21.7 Å². The molecule has 0 unspecified atom stereocenters. The van der Waals surface area contributed by atoms with E-state index >= 15 is 0 Å². The van der Waals surface area contributed by atoms with Gasteiger partial charge in [0.25, 0.3) is 0 Å². The molecule has 0 aliphatic carbocycles. The van der Waals surface area contributed by atoms with Gasteiger partial charge in [0.1, 0.15) is 11.5 Å². The summed E-state index contributed by atoms with van der Waals surface area (Å²) in [5, 5.41) is 17.8. The Hall–Kier alpha value is -2.04. The summed E-state index contributed by atoms with van der Waals surface area (Å²) in [6.45, 7) is 0.924. The molecule has 0 heterocycles. The Morgan fingerprint density at radius 2 is 1.39 bits per heavy atom. The number of phenolic OH excluding ortho intramolecular Hbond substituents is 2. The summed E-state index contributed by atoms with van der Waals surface area (Å²) in [5.74, 6) is 0.562. The van der Waals surface area contributed by atoms with Crippen molar-refractivity contribution in [2.24, 2.45) is 11.5 Å². The van der Waals surface area contributed by atoms with Crippen LogP contribution in [0.5, 0.6) is 11.5 Å². The Kier molecular flexibility index (Phi) is 5.70. The van der Waals surface area contributed by atoms with E-state index in [2.05, 4.69) is 0 Å². The molecule has 0 fully saturated rings. The Balaban J connectivity index is 0.000000180. The first-order valence-electron chi connectivity index (χ1n) is 5.62. The van der Waals surface area contributed by atoms with E-state index < -0.39 is 0 Å². The van der Waals surface area contributed by atoms with Crippen LogP contribution in [0.15, 0.2) is 48.5 Å². The van der Waals surface area contributed by atoms with Crippen LogP contribution >= 0.6 is 0 Å². The van der Waals surface area contributed by atoms with Crippen LogP contribution in [0.4, 0.5) is 0 Å². The highest BCUT2D eigenvalue weighted by atomic mass is 16.3. The summed E-state index contributed by atoms with van der Waals surface area (Å²) >= 11 is 0. The molecule has 0 spiro atoms. The van der Waals surface area contributed by atoms with E-state index in [1.54, 1.807) is 42.5 Å². The smallest absolute Gasteiger partial charge is 0.120 e. The molecule has 6 N–H and O–H groups in total. The average Bonchev–Trinajstić information content (AvgIpc) is 2.41. The zero-order valence-corrected chi connectivity index (χ0v) is 10.1. The Labute approximate surface area is 106 Å². The normalized spacial score (nSPS) is 9.44. The van der Waals surface area contributed by atoms with Gasteiger partial charge in [0, 0.05) is 18.7 Å². The lowest BCUT2D eigenvalue weighted by molar-refractivity contribution is 0.468. The first kappa shape index (κ1) is 14.0. The standard InChI is InChI=1S/2C7H9NO/c8-5-6-1-3-7(9)4-2-6;8-5-6-3-1-2-4-7(6)9/h2*1-4,9H,5,8H2. The molecule has 0 saturated heterocycles. The fourth-order valence-corrected chi connectivity index (χ4v) is 1.32. The molecule has 0 aromatic heterocycles. The van der Waals surface area contributed by atoms with Gasteiger partial charge in [-0.05, 0) is 23.8 Å². The van der Waals surface area contributed by atoms with Crippen LogP contribution in [0.2, 0.25) is 0 Å². The predicted molar refractivity (Wildman–Crippen MR) is 72.0 cm³/mol. The minimum Gasteiger partial charge on any atom is -0.508 e. The van der Waals surface area contributed by atoms with Crippen molar-refractivity contribution >= 4 is 0 Å². The molecule has 18 heavy (non-hydrogen) atoms. The number of phenols is 2. The van der Waals surface area contributed by atoms with Gasteiger partial charge in [-0.2, -0.15) is 0 Å². The van der Waals surface area contributed by atoms with Crippen LogP contribution in [0.1, 0.15) is 11.1 Å². The van der Waals surface area contributed by atoms with Gasteiger partial charge < -0.3 is 21.7 Å². The summed E-state index contributed by atoms with van der Waals surface area (Å²) in [4.78, 5) is 0. The lowest BCUT2D eigenvalue weighted by atomic mass is 10.2. The van der Waals surface area contributed by atoms with Crippen molar-refractivity contribution in [3.63, 3.8) is 0 Å². The maximum Gasteiger partial charge on any atom is 0.120 e. The predicted octanol–water partition coefficient (Wildman–Crippen LogP) is 1.70. The number of aromatic hydroxyl groups is 2. The molecule has 2 aromatic rings. The number of benzene rings is 2. The Bertz CT molecular complexity index is 469. The highest BCUT2D eigenvalue weighted by Crippen LogP contribution is 2.13. The topological polar surface area (TPSA) is 92.5 Å². The largest absolute Gasteiger partial charge is 0.508 e. The number of hydrogen-bond donors (Lipinski definition) is 4. The highest BCUT2D eigenvalue weighted by molar-refractivity contribution is 5.31. The van der Waals surface area contributed by atoms with E-state index in [0.717, 1.165) is 11.1 Å². The van der Waals surface area contributed by atoms with E-state index in [1.165, 1.54) is 0 Å². The van der Waals surface area contributed by atoms with Crippen molar-refractivity contribution in [3.05, 3.63) is 59.7 Å². The Morgan fingerprint density at radius 1 is 0.778 bits per heavy atom. The molecular formula is C14H18N2O2. The number of rotatable bonds is 2. The number of hydrogen-bond acceptors (Lipinski definition) is 4. The summed E-state index contributed by atoms with van der Waals surface area (Å²) < 4.78 is 0. The first-order valence-corrected chi connectivity index (χ1v) is 5.62. The van der Waals surface area contributed by atoms with Gasteiger partial charge in [-0.25, -0.2) is 0 Å². The fraction of sp³-hybridized carbons (Fsp3) is 0.143. The third-order valence-electron chi connectivity index (χ3n) is 2.38. The second-order valence-corrected chi connectivity index (χ2v) is 3.70. The average molecular weight is 246 g/mol. The second-order valence-electron chi connectivity index (χ2n) is 3.70. The van der Waals surface area contributed by atoms with Crippen LogP contribution in [0.25, 0.3) is 0 Å². The van der Waals surface area contributed by atoms with Gasteiger partial charge >= 0.3 is 0 Å². The zero-order valence-electron chi connectivity index (χ0n) is 10.1. The monoisotopic (exact) mass is 246 g/mol. The minimum absolute atomic E-state index is 0.278. The minimum atomic E-state index is 0.278. The molecule has 0 aliphatic heterocycles. The molecule has 0 aliphatic rings. The molecular weight excluding hydrogens is 228 g/mol. The molecule has 0 amide bonds. The molecule has 2 rings (SSSR count). The summed E-state index contributed by atoms with van der Waals surface area (Å²) in [7, 11) is 0. The quantitative estimate of drug-likeness (QED) is 0.649. The van der Waals surface area contributed by atoms with Crippen molar-refractivity contribution in [2.75, 3.05) is 0 Å². The van der Waals surface area contributed by atoms with Crippen molar-refractivity contribution < 1.29 is 10.2 Å². The number of nitrogens with two attached hydrogens (primary N) is 2. The second kappa shape index (κ2) is 7.32. The van der Waals surface area contributed by atoms with Gasteiger partial charge in [-0.1, -0.05) is 30.3 Å². The maximum absolute atomic E-state index is 9.03. The fourth-order valence-electron chi connectivity index (χ4n) is 1.32. The molecule has 0 saturated carbocycles. The SMILES string of the molecule is NCc1ccc(O)cc1.NCc1ccccc1O. The van der Waals surface area contributed by atoms with Gasteiger partial charge in [0.15, 0.2) is 0 Å². The lowest BCUT2D eigenvalue weighted by Gasteiger charge is -1.97. The molecule has 4 nitrogen and oxygen atoms in total. The van der Waals surface area contributed by atoms with E-state index in [0.29, 0.717) is 13.1 Å². The van der Waals surface area contributed by atoms with Crippen molar-refractivity contribution in [2.45, 2.75) is 13.1 Å². The van der Waals surface area contributed by atoms with E-state index in [9.17, 15) is 0 Å². The van der Waals surface area contributed by atoms with Gasteiger partial charge in [-0.3, -0.25) is 0 Å². The molecule has 0 bridgehead atoms. The van der Waals surface area contributed by atoms with Crippen LogP contribution in [-0.4, -0.2) is 10.2 Å². The van der Waals surface area contributed by atoms with Crippen LogP contribution in [0, 0.1) is 0 Å². The third-order valence-corrected chi connectivity index (χ3v) is 2.38.